The first kappa shape index (κ1) is 23.8. The molecule has 27 heavy (non-hydrogen) atoms. The number of carbonyl (C=O) groups is 3. The maximum atomic E-state index is 12.8. The van der Waals surface area contributed by atoms with Gasteiger partial charge in [0.25, 0.3) is 5.91 Å². The van der Waals surface area contributed by atoms with Crippen molar-refractivity contribution in [3.63, 3.8) is 0 Å². The normalized spacial score (nSPS) is 19.5. The Balaban J connectivity index is 2.83. The van der Waals surface area contributed by atoms with Crippen LogP contribution in [0, 0.1) is 17.3 Å². The summed E-state index contributed by atoms with van der Waals surface area (Å²) in [5.74, 6) is -0.525. The Kier molecular flexibility index (Phi) is 9.08. The van der Waals surface area contributed by atoms with E-state index >= 15 is 0 Å². The number of hydrogen-bond donors (Lipinski definition) is 3. The van der Waals surface area contributed by atoms with E-state index in [9.17, 15) is 19.6 Å². The molecule has 1 heterocycles. The van der Waals surface area contributed by atoms with Crippen molar-refractivity contribution in [3.05, 3.63) is 0 Å². The summed E-state index contributed by atoms with van der Waals surface area (Å²) < 4.78 is 0. The van der Waals surface area contributed by atoms with Gasteiger partial charge >= 0.3 is 0 Å². The van der Waals surface area contributed by atoms with Crippen LogP contribution in [0.15, 0.2) is 0 Å². The minimum Gasteiger partial charge on any atom is -0.357 e. The van der Waals surface area contributed by atoms with Crippen LogP contribution in [0.3, 0.4) is 0 Å². The van der Waals surface area contributed by atoms with Crippen molar-refractivity contribution in [1.29, 1.82) is 0 Å². The van der Waals surface area contributed by atoms with Crippen LogP contribution < -0.4 is 10.6 Å². The largest absolute Gasteiger partial charge is 0.357 e. The molecule has 0 aromatic carbocycles. The number of carbonyl (C=O) groups excluding carboxylic acids is 3. The van der Waals surface area contributed by atoms with Crippen molar-refractivity contribution < 1.29 is 19.6 Å². The summed E-state index contributed by atoms with van der Waals surface area (Å²) in [6, 6.07) is -0.694. The van der Waals surface area contributed by atoms with Crippen LogP contribution in [0.2, 0.25) is 0 Å². The van der Waals surface area contributed by atoms with Gasteiger partial charge in [0.15, 0.2) is 0 Å². The highest BCUT2D eigenvalue weighted by atomic mass is 32.2. The molecular weight excluding hydrogens is 366 g/mol. The standard InChI is InChI=1S/C19H35N3O4S/c1-12(2)10-13(18(25)22(26)15-8-7-9-27-15)11-14(23)21-16(17(24)20-6)19(3,4)5/h12-13,15-16,26H,7-11H2,1-6H3,(H,20,24)(H,21,23)/t13?,15?,16-/m1/s1. The molecule has 0 aromatic rings. The molecule has 1 fully saturated rings. The molecule has 0 aromatic heterocycles. The summed E-state index contributed by atoms with van der Waals surface area (Å²) in [5.41, 5.74) is -0.461. The second kappa shape index (κ2) is 10.3. The Bertz CT molecular complexity index is 528. The number of thioether (sulfide) groups is 1. The number of nitrogens with zero attached hydrogens (tertiary/aromatic N) is 1. The molecule has 3 atom stereocenters. The number of hydroxylamine groups is 2. The lowest BCUT2D eigenvalue weighted by atomic mass is 9.85. The maximum absolute atomic E-state index is 12.8. The molecular formula is C19H35N3O4S. The Morgan fingerprint density at radius 3 is 2.33 bits per heavy atom. The third kappa shape index (κ3) is 7.33. The Morgan fingerprint density at radius 2 is 1.89 bits per heavy atom. The minimum atomic E-state index is -0.694. The molecule has 3 N–H and O–H groups in total. The van der Waals surface area contributed by atoms with Crippen LogP contribution in [-0.4, -0.2) is 52.2 Å². The van der Waals surface area contributed by atoms with Crippen LogP contribution in [0.1, 0.15) is 60.3 Å². The fourth-order valence-corrected chi connectivity index (χ4v) is 4.37. The molecule has 1 aliphatic rings. The molecule has 0 aliphatic carbocycles. The van der Waals surface area contributed by atoms with E-state index in [1.54, 1.807) is 11.8 Å². The first-order valence-electron chi connectivity index (χ1n) is 9.61. The zero-order chi connectivity index (χ0) is 20.8. The van der Waals surface area contributed by atoms with E-state index in [-0.39, 0.29) is 29.5 Å². The number of hydrogen-bond acceptors (Lipinski definition) is 5. The van der Waals surface area contributed by atoms with Crippen molar-refractivity contribution in [2.45, 2.75) is 71.7 Å². The maximum Gasteiger partial charge on any atom is 0.250 e. The first-order valence-corrected chi connectivity index (χ1v) is 10.7. The first-order chi connectivity index (χ1) is 12.5. The molecule has 0 spiro atoms. The van der Waals surface area contributed by atoms with Gasteiger partial charge < -0.3 is 10.6 Å². The zero-order valence-electron chi connectivity index (χ0n) is 17.4. The third-order valence-electron chi connectivity index (χ3n) is 4.62. The number of nitrogens with one attached hydrogen (secondary N) is 2. The summed E-state index contributed by atoms with van der Waals surface area (Å²) >= 11 is 1.56. The summed E-state index contributed by atoms with van der Waals surface area (Å²) in [5, 5.41) is 16.2. The highest BCUT2D eigenvalue weighted by Crippen LogP contribution is 2.30. The second-order valence-electron chi connectivity index (χ2n) is 8.66. The van der Waals surface area contributed by atoms with Gasteiger partial charge in [-0.05, 0) is 36.3 Å². The smallest absolute Gasteiger partial charge is 0.250 e. The average molecular weight is 402 g/mol. The second-order valence-corrected chi connectivity index (χ2v) is 9.95. The summed E-state index contributed by atoms with van der Waals surface area (Å²) in [6.07, 6.45) is 2.18. The Morgan fingerprint density at radius 1 is 1.26 bits per heavy atom. The summed E-state index contributed by atoms with van der Waals surface area (Å²) in [6.45, 7) is 9.57. The summed E-state index contributed by atoms with van der Waals surface area (Å²) in [7, 11) is 1.53. The van der Waals surface area contributed by atoms with Crippen molar-refractivity contribution in [2.24, 2.45) is 17.3 Å². The molecule has 1 aliphatic heterocycles. The fraction of sp³-hybridized carbons (Fsp3) is 0.842. The van der Waals surface area contributed by atoms with E-state index < -0.39 is 23.3 Å². The molecule has 156 valence electrons. The molecule has 1 rings (SSSR count). The monoisotopic (exact) mass is 401 g/mol. The molecule has 0 radical (unpaired) electrons. The van der Waals surface area contributed by atoms with Gasteiger partial charge in [-0.15, -0.1) is 11.8 Å². The van der Waals surface area contributed by atoms with Gasteiger partial charge in [-0.1, -0.05) is 34.6 Å². The lowest BCUT2D eigenvalue weighted by Crippen LogP contribution is -2.53. The minimum absolute atomic E-state index is 0.0466. The highest BCUT2D eigenvalue weighted by Gasteiger charge is 2.35. The number of amides is 3. The molecule has 3 amide bonds. The lowest BCUT2D eigenvalue weighted by Gasteiger charge is -2.31. The molecule has 2 unspecified atom stereocenters. The van der Waals surface area contributed by atoms with E-state index in [4.69, 9.17) is 0 Å². The average Bonchev–Trinajstić information content (AvgIpc) is 3.10. The highest BCUT2D eigenvalue weighted by molar-refractivity contribution is 8.00. The zero-order valence-corrected chi connectivity index (χ0v) is 18.2. The van der Waals surface area contributed by atoms with E-state index in [0.717, 1.165) is 23.7 Å². The van der Waals surface area contributed by atoms with Gasteiger partial charge in [0, 0.05) is 19.4 Å². The van der Waals surface area contributed by atoms with Gasteiger partial charge in [0.1, 0.15) is 11.4 Å². The van der Waals surface area contributed by atoms with Gasteiger partial charge in [0.2, 0.25) is 11.8 Å². The van der Waals surface area contributed by atoms with Crippen molar-refractivity contribution in [1.82, 2.24) is 15.7 Å². The molecule has 7 nitrogen and oxygen atoms in total. The van der Waals surface area contributed by atoms with Gasteiger partial charge in [-0.2, -0.15) is 0 Å². The molecule has 8 heteroatoms. The topological polar surface area (TPSA) is 98.7 Å². The Hall–Kier alpha value is -1.28. The van der Waals surface area contributed by atoms with Gasteiger partial charge in [-0.25, -0.2) is 5.06 Å². The van der Waals surface area contributed by atoms with Crippen LogP contribution in [-0.2, 0) is 14.4 Å². The number of rotatable bonds is 8. The molecule has 0 bridgehead atoms. The van der Waals surface area contributed by atoms with Crippen molar-refractivity contribution >= 4 is 29.5 Å². The van der Waals surface area contributed by atoms with Crippen molar-refractivity contribution in [3.8, 4) is 0 Å². The fourth-order valence-electron chi connectivity index (χ4n) is 3.19. The number of likely N-dealkylation sites (N-methyl/N-ethyl adjacent to an activating group) is 1. The van der Waals surface area contributed by atoms with Gasteiger partial charge in [0.05, 0.1) is 0 Å². The molecule has 1 saturated heterocycles. The van der Waals surface area contributed by atoms with E-state index in [2.05, 4.69) is 10.6 Å². The summed E-state index contributed by atoms with van der Waals surface area (Å²) in [4.78, 5) is 37.5. The van der Waals surface area contributed by atoms with Crippen LogP contribution in [0.25, 0.3) is 0 Å². The van der Waals surface area contributed by atoms with E-state index in [0.29, 0.717) is 6.42 Å². The third-order valence-corrected chi connectivity index (χ3v) is 5.97. The predicted octanol–water partition coefficient (Wildman–Crippen LogP) is 2.39. The molecule has 0 saturated carbocycles. The Labute approximate surface area is 167 Å². The quantitative estimate of drug-likeness (QED) is 0.428. The van der Waals surface area contributed by atoms with Crippen molar-refractivity contribution in [2.75, 3.05) is 12.8 Å². The van der Waals surface area contributed by atoms with E-state index in [1.807, 2.05) is 34.6 Å². The lowest BCUT2D eigenvalue weighted by molar-refractivity contribution is -0.174. The van der Waals surface area contributed by atoms with Crippen LogP contribution in [0.4, 0.5) is 0 Å². The SMILES string of the molecule is CNC(=O)[C@@H](NC(=O)CC(CC(C)C)C(=O)N(O)C1CCCS1)C(C)(C)C. The van der Waals surface area contributed by atoms with Gasteiger partial charge in [-0.3, -0.25) is 19.6 Å². The predicted molar refractivity (Wildman–Crippen MR) is 107 cm³/mol. The van der Waals surface area contributed by atoms with Crippen LogP contribution in [0.5, 0.6) is 0 Å². The van der Waals surface area contributed by atoms with E-state index in [1.165, 1.54) is 7.05 Å². The van der Waals surface area contributed by atoms with Crippen LogP contribution >= 0.6 is 11.8 Å².